The number of hydrogen-bond donors (Lipinski definition) is 2. The molecule has 0 saturated carbocycles. The molecule has 0 spiro atoms. The highest BCUT2D eigenvalue weighted by molar-refractivity contribution is 5.81. The zero-order valence-corrected chi connectivity index (χ0v) is 38.3. The summed E-state index contributed by atoms with van der Waals surface area (Å²) in [6.45, 7) is 21.0. The van der Waals surface area contributed by atoms with E-state index in [0.717, 1.165) is 12.8 Å². The highest BCUT2D eigenvalue weighted by Gasteiger charge is 2.59. The van der Waals surface area contributed by atoms with Crippen LogP contribution in [0.2, 0.25) is 0 Å². The molecular weight excluding hydrogens is 782 g/mol. The predicted molar refractivity (Wildman–Crippen MR) is 218 cm³/mol. The zero-order valence-electron chi connectivity index (χ0n) is 38.3. The first-order valence-corrected chi connectivity index (χ1v) is 21.9. The third-order valence-corrected chi connectivity index (χ3v) is 13.4. The third-order valence-electron chi connectivity index (χ3n) is 13.4. The van der Waals surface area contributed by atoms with Gasteiger partial charge in [-0.25, -0.2) is 14.6 Å². The molecule has 5 aliphatic rings. The molecule has 0 aromatic carbocycles. The summed E-state index contributed by atoms with van der Waals surface area (Å²) >= 11 is 0. The summed E-state index contributed by atoms with van der Waals surface area (Å²) in [5.74, 6) is -1.99. The van der Waals surface area contributed by atoms with E-state index in [-0.39, 0.29) is 24.5 Å². The van der Waals surface area contributed by atoms with Gasteiger partial charge >= 0.3 is 18.2 Å². The summed E-state index contributed by atoms with van der Waals surface area (Å²) in [5.41, 5.74) is -3.51. The number of nitrogens with one attached hydrogen (secondary N) is 1. The molecule has 5 heterocycles. The topological polar surface area (TPSA) is 191 Å². The lowest BCUT2D eigenvalue weighted by Crippen LogP contribution is -2.61. The van der Waals surface area contributed by atoms with Crippen molar-refractivity contribution in [3.63, 3.8) is 0 Å². The number of carbonyl (C=O) groups excluding carboxylic acids is 3. The SMILES string of the molecule is CCCCNC(=O)O[C@H]1[C@H](C)O[C@@H](OC2[C@@H](C)C(=O)O[C@H](CC)[C@]3(C)OC(=O)O[C@@H]3[C@@H](C)N=C3O[C@@](C)(C[C@H]3C)[C@H](O[C@@H]3O[C@H](C)C[C@H](N(C)C)[C@H]3O)[C@H]2C)C[C@@]1(C)OC. The molecule has 18 atom stereocenters. The van der Waals surface area contributed by atoms with Gasteiger partial charge in [-0.1, -0.05) is 34.1 Å². The Labute approximate surface area is 356 Å². The van der Waals surface area contributed by atoms with Gasteiger partial charge < -0.3 is 62.7 Å². The number of fused-ring (bicyclic) bond motifs is 3. The summed E-state index contributed by atoms with van der Waals surface area (Å²) in [6, 6.07) is -0.893. The Morgan fingerprint density at radius 2 is 1.67 bits per heavy atom. The fourth-order valence-corrected chi connectivity index (χ4v) is 9.96. The van der Waals surface area contributed by atoms with Crippen LogP contribution in [0.3, 0.4) is 0 Å². The van der Waals surface area contributed by atoms with E-state index in [9.17, 15) is 19.5 Å². The minimum Gasteiger partial charge on any atom is -0.472 e. The maximum Gasteiger partial charge on any atom is 0.509 e. The van der Waals surface area contributed by atoms with E-state index < -0.39 is 108 Å². The summed E-state index contributed by atoms with van der Waals surface area (Å²) in [4.78, 5) is 47.2. The van der Waals surface area contributed by atoms with E-state index >= 15 is 0 Å². The van der Waals surface area contributed by atoms with Gasteiger partial charge in [-0.05, 0) is 81.8 Å². The van der Waals surface area contributed by atoms with Crippen molar-refractivity contribution >= 4 is 24.1 Å². The van der Waals surface area contributed by atoms with Crippen molar-refractivity contribution in [1.29, 1.82) is 0 Å². The molecule has 0 aliphatic carbocycles. The van der Waals surface area contributed by atoms with Crippen molar-refractivity contribution < 1.29 is 66.9 Å². The largest absolute Gasteiger partial charge is 0.509 e. The number of nitrogens with zero attached hydrogens (tertiary/aromatic N) is 2. The van der Waals surface area contributed by atoms with Gasteiger partial charge in [0.2, 0.25) is 0 Å². The van der Waals surface area contributed by atoms with Crippen LogP contribution in [0.1, 0.15) is 115 Å². The maximum atomic E-state index is 14.6. The molecular formula is C43H73N3O14. The van der Waals surface area contributed by atoms with Crippen LogP contribution < -0.4 is 5.32 Å². The van der Waals surface area contributed by atoms with Crippen LogP contribution in [0.4, 0.5) is 9.59 Å². The van der Waals surface area contributed by atoms with Crippen molar-refractivity contribution in [2.75, 3.05) is 27.7 Å². The highest BCUT2D eigenvalue weighted by Crippen LogP contribution is 2.45. The van der Waals surface area contributed by atoms with Crippen LogP contribution in [0.15, 0.2) is 4.99 Å². The number of unbranched alkanes of at least 4 members (excludes halogenated alkanes) is 1. The molecule has 5 rings (SSSR count). The van der Waals surface area contributed by atoms with Gasteiger partial charge in [0.25, 0.3) is 0 Å². The van der Waals surface area contributed by atoms with Crippen molar-refractivity contribution in [2.24, 2.45) is 22.7 Å². The molecule has 17 nitrogen and oxygen atoms in total. The lowest BCUT2D eigenvalue weighted by Gasteiger charge is -2.49. The first kappa shape index (κ1) is 48.2. The number of likely N-dealkylation sites (N-methyl/N-ethyl adjacent to an activating group) is 1. The summed E-state index contributed by atoms with van der Waals surface area (Å²) in [6.07, 6.45) is -6.65. The molecule has 344 valence electrons. The number of cyclic esters (lactones) is 1. The van der Waals surface area contributed by atoms with E-state index in [0.29, 0.717) is 31.7 Å². The first-order chi connectivity index (χ1) is 28.1. The fourth-order valence-electron chi connectivity index (χ4n) is 9.96. The molecule has 17 heteroatoms. The Bertz CT molecular complexity index is 1530. The molecule has 60 heavy (non-hydrogen) atoms. The van der Waals surface area contributed by atoms with Crippen LogP contribution in [-0.2, 0) is 52.2 Å². The minimum absolute atomic E-state index is 0.133. The van der Waals surface area contributed by atoms with Crippen LogP contribution in [0.5, 0.6) is 0 Å². The van der Waals surface area contributed by atoms with Gasteiger partial charge in [0.05, 0.1) is 30.3 Å². The van der Waals surface area contributed by atoms with Crippen molar-refractivity contribution in [3.8, 4) is 0 Å². The Morgan fingerprint density at radius 3 is 2.30 bits per heavy atom. The van der Waals surface area contributed by atoms with Crippen molar-refractivity contribution in [3.05, 3.63) is 0 Å². The number of hydrogen-bond acceptors (Lipinski definition) is 16. The molecule has 2 bridgehead atoms. The second-order valence-corrected chi connectivity index (χ2v) is 18.6. The summed E-state index contributed by atoms with van der Waals surface area (Å²) < 4.78 is 63.4. The lowest BCUT2D eigenvalue weighted by molar-refractivity contribution is -0.315. The van der Waals surface area contributed by atoms with E-state index in [4.69, 9.17) is 52.4 Å². The van der Waals surface area contributed by atoms with E-state index in [1.165, 1.54) is 0 Å². The van der Waals surface area contributed by atoms with Crippen LogP contribution in [-0.4, -0.2) is 152 Å². The second kappa shape index (κ2) is 19.3. The number of methoxy groups -OCH3 is 1. The number of alkyl carbamates (subject to hydrolysis) is 1. The predicted octanol–water partition coefficient (Wildman–Crippen LogP) is 5.12. The molecule has 1 unspecified atom stereocenters. The first-order valence-electron chi connectivity index (χ1n) is 21.9. The average molecular weight is 856 g/mol. The molecule has 0 radical (unpaired) electrons. The van der Waals surface area contributed by atoms with Gasteiger partial charge in [0.15, 0.2) is 36.3 Å². The van der Waals surface area contributed by atoms with Gasteiger partial charge in [0.1, 0.15) is 29.5 Å². The average Bonchev–Trinajstić information content (AvgIpc) is 3.66. The van der Waals surface area contributed by atoms with Crippen molar-refractivity contribution in [1.82, 2.24) is 10.2 Å². The highest BCUT2D eigenvalue weighted by atomic mass is 16.8. The second-order valence-electron chi connectivity index (χ2n) is 18.6. The minimum atomic E-state index is -1.37. The third kappa shape index (κ3) is 10.0. The van der Waals surface area contributed by atoms with Gasteiger partial charge in [-0.15, -0.1) is 0 Å². The standard InChI is InChI=1S/C43H73N3O14/c1-15-17-18-44-39(49)57-35-27(8)53-30(21-41(35,9)51-14)55-32-24(5)33(56-38-31(47)28(46(12)13)19-23(4)52-38)42(10)20-22(3)36(59-42)45-26(7)34-43(11,60-40(50)58-34)29(16-2)54-37(48)25(32)6/h22-35,38,47H,15-21H2,1-14H3,(H,44,49)/t22-,23-,24+,25-,26-,27+,28+,29-,30+,31-,32?,33-,34-,35+,38+,41-,42+,43+/m1/s1. The Hall–Kier alpha value is -2.80. The Morgan fingerprint density at radius 1 is 0.967 bits per heavy atom. The van der Waals surface area contributed by atoms with E-state index in [1.54, 1.807) is 27.9 Å². The number of aliphatic hydroxyl groups excluding tert-OH is 1. The van der Waals surface area contributed by atoms with Crippen molar-refractivity contribution in [2.45, 2.75) is 205 Å². The summed E-state index contributed by atoms with van der Waals surface area (Å²) in [5, 5.41) is 14.5. The Balaban J connectivity index is 1.57. The number of carbonyl (C=O) groups is 3. The van der Waals surface area contributed by atoms with Gasteiger partial charge in [0, 0.05) is 44.4 Å². The van der Waals surface area contributed by atoms with E-state index in [2.05, 4.69) is 5.32 Å². The van der Waals surface area contributed by atoms with E-state index in [1.807, 2.05) is 74.4 Å². The molecule has 4 saturated heterocycles. The fraction of sp³-hybridized carbons (Fsp3) is 0.907. The number of rotatable bonds is 11. The van der Waals surface area contributed by atoms with Crippen LogP contribution in [0, 0.1) is 17.8 Å². The quantitative estimate of drug-likeness (QED) is 0.158. The smallest absolute Gasteiger partial charge is 0.472 e. The van der Waals surface area contributed by atoms with Gasteiger partial charge in [-0.3, -0.25) is 4.79 Å². The van der Waals surface area contributed by atoms with Crippen LogP contribution in [0.25, 0.3) is 0 Å². The van der Waals surface area contributed by atoms with Gasteiger partial charge in [-0.2, -0.15) is 0 Å². The van der Waals surface area contributed by atoms with Crippen LogP contribution >= 0.6 is 0 Å². The molecule has 1 amide bonds. The molecule has 0 aromatic rings. The number of amides is 1. The lowest BCUT2D eigenvalue weighted by atomic mass is 9.79. The zero-order chi connectivity index (χ0) is 44.5. The monoisotopic (exact) mass is 856 g/mol. The maximum absolute atomic E-state index is 14.6. The molecule has 0 aromatic heterocycles. The molecule has 5 aliphatic heterocycles. The molecule has 4 fully saturated rings. The molecule has 2 N–H and O–H groups in total. The number of esters is 1. The number of aliphatic imine (C=N–C) groups is 1. The summed E-state index contributed by atoms with van der Waals surface area (Å²) in [7, 11) is 5.36. The number of ether oxygens (including phenoxy) is 10. The number of aliphatic hydroxyl groups is 1. The Kier molecular flexibility index (Phi) is 15.5. The normalized spacial score (nSPS) is 45.0.